The Balaban J connectivity index is 1.56. The van der Waals surface area contributed by atoms with Crippen molar-refractivity contribution in [2.75, 3.05) is 6.54 Å². The van der Waals surface area contributed by atoms with Crippen LogP contribution in [0, 0.1) is 23.6 Å². The van der Waals surface area contributed by atoms with Gasteiger partial charge >= 0.3 is 0 Å². The molecule has 2 N–H and O–H groups in total. The second-order valence-electron chi connectivity index (χ2n) is 8.44. The Bertz CT molecular complexity index is 846. The first-order chi connectivity index (χ1) is 12.8. The second kappa shape index (κ2) is 6.71. The lowest BCUT2D eigenvalue weighted by molar-refractivity contribution is -0.0167. The summed E-state index contributed by atoms with van der Waals surface area (Å²) in [6.07, 6.45) is 8.17. The van der Waals surface area contributed by atoms with Crippen molar-refractivity contribution < 1.29 is 17.6 Å². The van der Waals surface area contributed by atoms with Crippen LogP contribution in [-0.2, 0) is 10.0 Å². The molecule has 0 aromatic heterocycles. The zero-order valence-electron chi connectivity index (χ0n) is 15.2. The van der Waals surface area contributed by atoms with Crippen LogP contribution in [0.3, 0.4) is 0 Å². The van der Waals surface area contributed by atoms with Gasteiger partial charge in [0.2, 0.25) is 10.0 Å². The standard InChI is InChI=1S/C20H25FN2O3S/c1-2-5-22-27(25,26)18-9-16(3-4-17(18)21)19(24)23-20-10-13-6-14(11-20)8-15(7-13)12-20/h2-4,9,13-15,22H,1,5-8,10-12H2,(H,23,24). The summed E-state index contributed by atoms with van der Waals surface area (Å²) in [6.45, 7) is 3.44. The molecule has 0 saturated heterocycles. The quantitative estimate of drug-likeness (QED) is 0.731. The Morgan fingerprint density at radius 2 is 1.78 bits per heavy atom. The van der Waals surface area contributed by atoms with Crippen molar-refractivity contribution in [2.24, 2.45) is 17.8 Å². The van der Waals surface area contributed by atoms with Gasteiger partial charge in [-0.1, -0.05) is 6.08 Å². The SMILES string of the molecule is C=CCNS(=O)(=O)c1cc(C(=O)NC23CC4CC(CC(C4)C2)C3)ccc1F. The summed E-state index contributed by atoms with van der Waals surface area (Å²) in [5.41, 5.74) is -0.00787. The Kier molecular flexibility index (Phi) is 4.63. The molecule has 5 nitrogen and oxygen atoms in total. The van der Waals surface area contributed by atoms with Gasteiger partial charge in [0.25, 0.3) is 5.91 Å². The summed E-state index contributed by atoms with van der Waals surface area (Å²) in [5.74, 6) is 0.853. The smallest absolute Gasteiger partial charge is 0.251 e. The number of benzene rings is 1. The Labute approximate surface area is 159 Å². The lowest BCUT2D eigenvalue weighted by atomic mass is 9.53. The number of hydrogen-bond acceptors (Lipinski definition) is 3. The third-order valence-corrected chi connectivity index (χ3v) is 7.76. The molecule has 146 valence electrons. The summed E-state index contributed by atoms with van der Waals surface area (Å²) < 4.78 is 40.9. The van der Waals surface area contributed by atoms with Gasteiger partial charge in [0, 0.05) is 17.6 Å². The van der Waals surface area contributed by atoms with Crippen LogP contribution >= 0.6 is 0 Å². The normalized spacial score (nSPS) is 31.7. The molecule has 4 aliphatic rings. The number of carbonyl (C=O) groups is 1. The molecule has 1 aromatic carbocycles. The molecule has 4 saturated carbocycles. The van der Waals surface area contributed by atoms with E-state index in [0.29, 0.717) is 17.8 Å². The molecule has 4 fully saturated rings. The van der Waals surface area contributed by atoms with Crippen molar-refractivity contribution >= 4 is 15.9 Å². The number of rotatable bonds is 6. The first-order valence-electron chi connectivity index (χ1n) is 9.53. The Hall–Kier alpha value is -1.73. The summed E-state index contributed by atoms with van der Waals surface area (Å²) in [5, 5.41) is 3.19. The van der Waals surface area contributed by atoms with E-state index in [2.05, 4.69) is 16.6 Å². The van der Waals surface area contributed by atoms with E-state index >= 15 is 0 Å². The summed E-state index contributed by atoms with van der Waals surface area (Å²) in [7, 11) is -4.04. The van der Waals surface area contributed by atoms with E-state index in [1.165, 1.54) is 31.4 Å². The number of carbonyl (C=O) groups excluding carboxylic acids is 1. The van der Waals surface area contributed by atoms with Crippen molar-refractivity contribution in [3.63, 3.8) is 0 Å². The first-order valence-corrected chi connectivity index (χ1v) is 11.0. The molecule has 27 heavy (non-hydrogen) atoms. The third kappa shape index (κ3) is 3.55. The fraction of sp³-hybridized carbons (Fsp3) is 0.550. The van der Waals surface area contributed by atoms with E-state index in [9.17, 15) is 17.6 Å². The fourth-order valence-electron chi connectivity index (χ4n) is 5.67. The average Bonchev–Trinajstić information content (AvgIpc) is 2.58. The van der Waals surface area contributed by atoms with E-state index < -0.39 is 20.7 Å². The van der Waals surface area contributed by atoms with Gasteiger partial charge in [-0.25, -0.2) is 17.5 Å². The molecule has 5 rings (SSSR count). The number of hydrogen-bond donors (Lipinski definition) is 2. The Morgan fingerprint density at radius 1 is 1.19 bits per heavy atom. The van der Waals surface area contributed by atoms with Crippen molar-refractivity contribution in [1.82, 2.24) is 10.0 Å². The number of sulfonamides is 1. The van der Waals surface area contributed by atoms with Crippen molar-refractivity contribution in [1.29, 1.82) is 0 Å². The molecule has 4 aliphatic carbocycles. The van der Waals surface area contributed by atoms with Gasteiger partial charge in [-0.2, -0.15) is 0 Å². The monoisotopic (exact) mass is 392 g/mol. The van der Waals surface area contributed by atoms with E-state index in [4.69, 9.17) is 0 Å². The van der Waals surface area contributed by atoms with Crippen LogP contribution in [-0.4, -0.2) is 26.4 Å². The number of amides is 1. The molecule has 0 radical (unpaired) electrons. The maximum absolute atomic E-state index is 14.1. The molecule has 0 atom stereocenters. The molecule has 4 bridgehead atoms. The largest absolute Gasteiger partial charge is 0.347 e. The Morgan fingerprint density at radius 3 is 2.33 bits per heavy atom. The van der Waals surface area contributed by atoms with Gasteiger partial charge in [-0.05, 0) is 74.5 Å². The lowest BCUT2D eigenvalue weighted by Gasteiger charge is -2.56. The van der Waals surface area contributed by atoms with E-state index in [1.54, 1.807) is 0 Å². The topological polar surface area (TPSA) is 75.3 Å². The van der Waals surface area contributed by atoms with Crippen molar-refractivity contribution in [3.8, 4) is 0 Å². The van der Waals surface area contributed by atoms with Crippen molar-refractivity contribution in [2.45, 2.75) is 49.0 Å². The minimum atomic E-state index is -4.04. The molecule has 0 unspecified atom stereocenters. The van der Waals surface area contributed by atoms with Crippen LogP contribution in [0.25, 0.3) is 0 Å². The van der Waals surface area contributed by atoms with Crippen LogP contribution in [0.1, 0.15) is 48.9 Å². The summed E-state index contributed by atoms with van der Waals surface area (Å²) in [4.78, 5) is 12.4. The predicted molar refractivity (Wildman–Crippen MR) is 100 cm³/mol. The van der Waals surface area contributed by atoms with Gasteiger partial charge in [0.15, 0.2) is 0 Å². The maximum Gasteiger partial charge on any atom is 0.251 e. The number of nitrogens with one attached hydrogen (secondary N) is 2. The highest BCUT2D eigenvalue weighted by Crippen LogP contribution is 2.55. The first kappa shape index (κ1) is 18.6. The minimum Gasteiger partial charge on any atom is -0.347 e. The van der Waals surface area contributed by atoms with Gasteiger partial charge in [-0.15, -0.1) is 6.58 Å². The fourth-order valence-corrected chi connectivity index (χ4v) is 6.77. The molecular weight excluding hydrogens is 367 g/mol. The van der Waals surface area contributed by atoms with Crippen molar-refractivity contribution in [3.05, 3.63) is 42.2 Å². The van der Waals surface area contributed by atoms with Gasteiger partial charge in [-0.3, -0.25) is 4.79 Å². The molecule has 0 spiro atoms. The highest BCUT2D eigenvalue weighted by molar-refractivity contribution is 7.89. The third-order valence-electron chi connectivity index (χ3n) is 6.32. The molecular formula is C20H25FN2O3S. The lowest BCUT2D eigenvalue weighted by Crippen LogP contribution is -2.59. The van der Waals surface area contributed by atoms with Gasteiger partial charge in [0.05, 0.1) is 0 Å². The number of halogens is 1. The highest BCUT2D eigenvalue weighted by Gasteiger charge is 2.51. The molecule has 1 amide bonds. The average molecular weight is 392 g/mol. The minimum absolute atomic E-state index is 0.00846. The zero-order chi connectivity index (χ0) is 19.2. The maximum atomic E-state index is 14.1. The van der Waals surface area contributed by atoms with Crippen LogP contribution in [0.4, 0.5) is 4.39 Å². The van der Waals surface area contributed by atoms with Crippen LogP contribution in [0.15, 0.2) is 35.7 Å². The zero-order valence-corrected chi connectivity index (χ0v) is 16.0. The highest BCUT2D eigenvalue weighted by atomic mass is 32.2. The van der Waals surface area contributed by atoms with Gasteiger partial charge in [0.1, 0.15) is 10.7 Å². The molecule has 0 aliphatic heterocycles. The summed E-state index contributed by atoms with van der Waals surface area (Å²) >= 11 is 0. The van der Waals surface area contributed by atoms with Crippen LogP contribution < -0.4 is 10.0 Å². The second-order valence-corrected chi connectivity index (χ2v) is 10.2. The van der Waals surface area contributed by atoms with Crippen LogP contribution in [0.2, 0.25) is 0 Å². The molecule has 7 heteroatoms. The molecule has 1 aromatic rings. The van der Waals surface area contributed by atoms with Gasteiger partial charge < -0.3 is 5.32 Å². The van der Waals surface area contributed by atoms with E-state index in [1.807, 2.05) is 0 Å². The van der Waals surface area contributed by atoms with E-state index in [-0.39, 0.29) is 23.6 Å². The van der Waals surface area contributed by atoms with Crippen LogP contribution in [0.5, 0.6) is 0 Å². The summed E-state index contributed by atoms with van der Waals surface area (Å²) in [6, 6.07) is 3.51. The molecule has 0 heterocycles. The van der Waals surface area contributed by atoms with E-state index in [0.717, 1.165) is 31.4 Å². The predicted octanol–water partition coefficient (Wildman–Crippen LogP) is 2.99.